The van der Waals surface area contributed by atoms with E-state index in [1.165, 1.54) is 19.5 Å². The number of guanidine groups is 1. The Hall–Kier alpha value is -1.49. The van der Waals surface area contributed by atoms with E-state index in [9.17, 15) is 0 Å². The zero-order chi connectivity index (χ0) is 14.2. The Morgan fingerprint density at radius 3 is 3.05 bits per heavy atom. The van der Waals surface area contributed by atoms with E-state index < -0.39 is 0 Å². The fourth-order valence-corrected chi connectivity index (χ4v) is 2.59. The van der Waals surface area contributed by atoms with E-state index in [0.29, 0.717) is 0 Å². The lowest BCUT2D eigenvalue weighted by Gasteiger charge is -2.16. The van der Waals surface area contributed by atoms with Crippen LogP contribution < -0.4 is 10.6 Å². The van der Waals surface area contributed by atoms with Crippen LogP contribution in [0, 0.1) is 5.92 Å². The molecule has 0 bridgehead atoms. The van der Waals surface area contributed by atoms with Gasteiger partial charge in [-0.3, -0.25) is 4.99 Å². The van der Waals surface area contributed by atoms with Crippen molar-refractivity contribution in [1.29, 1.82) is 0 Å². The third-order valence-electron chi connectivity index (χ3n) is 3.84. The molecule has 5 heteroatoms. The van der Waals surface area contributed by atoms with Gasteiger partial charge in [0.05, 0.1) is 6.26 Å². The van der Waals surface area contributed by atoms with Crippen LogP contribution in [0.4, 0.5) is 0 Å². The van der Waals surface area contributed by atoms with Crippen molar-refractivity contribution in [1.82, 2.24) is 15.5 Å². The van der Waals surface area contributed by atoms with Gasteiger partial charge in [-0.15, -0.1) is 0 Å². The molecule has 0 radical (unpaired) electrons. The highest BCUT2D eigenvalue weighted by Gasteiger charge is 2.20. The van der Waals surface area contributed by atoms with Crippen LogP contribution in [0.5, 0.6) is 0 Å². The van der Waals surface area contributed by atoms with Crippen molar-refractivity contribution >= 4 is 5.96 Å². The van der Waals surface area contributed by atoms with E-state index in [0.717, 1.165) is 43.7 Å². The van der Waals surface area contributed by atoms with E-state index in [1.54, 1.807) is 6.26 Å². The maximum atomic E-state index is 5.31. The summed E-state index contributed by atoms with van der Waals surface area (Å²) in [4.78, 5) is 6.76. The second kappa shape index (κ2) is 7.94. The normalized spacial score (nSPS) is 20.3. The molecule has 1 atom stereocenters. The molecule has 1 aromatic heterocycles. The molecule has 1 saturated heterocycles. The first-order valence-corrected chi connectivity index (χ1v) is 7.51. The minimum absolute atomic E-state index is 0.735. The molecule has 1 aromatic rings. The molecule has 2 rings (SSSR count). The summed E-state index contributed by atoms with van der Waals surface area (Å²) < 4.78 is 5.31. The quantitative estimate of drug-likeness (QED) is 0.609. The number of aliphatic imine (C=N–C) groups is 1. The predicted octanol–water partition coefficient (Wildman–Crippen LogP) is 1.33. The Morgan fingerprint density at radius 1 is 1.50 bits per heavy atom. The van der Waals surface area contributed by atoms with Crippen LogP contribution in [-0.4, -0.2) is 50.6 Å². The number of nitrogens with one attached hydrogen (secondary N) is 2. The standard InChI is InChI=1S/C15H26N4O/c1-3-19-9-7-13(12-19)11-18-15(16-2)17-8-6-14-5-4-10-20-14/h4-5,10,13H,3,6-9,11-12H2,1-2H3,(H2,16,17,18). The van der Waals surface area contributed by atoms with E-state index in [2.05, 4.69) is 27.4 Å². The van der Waals surface area contributed by atoms with Crippen LogP contribution in [0.3, 0.4) is 0 Å². The fourth-order valence-electron chi connectivity index (χ4n) is 2.59. The number of furan rings is 1. The monoisotopic (exact) mass is 278 g/mol. The van der Waals surface area contributed by atoms with Gasteiger partial charge in [0.25, 0.3) is 0 Å². The van der Waals surface area contributed by atoms with Gasteiger partial charge in [-0.2, -0.15) is 0 Å². The number of likely N-dealkylation sites (tertiary alicyclic amines) is 1. The van der Waals surface area contributed by atoms with Crippen LogP contribution in [0.15, 0.2) is 27.8 Å². The molecule has 0 aliphatic carbocycles. The number of hydrogen-bond donors (Lipinski definition) is 2. The van der Waals surface area contributed by atoms with Gasteiger partial charge >= 0.3 is 0 Å². The molecule has 0 saturated carbocycles. The maximum Gasteiger partial charge on any atom is 0.191 e. The molecule has 0 amide bonds. The molecule has 0 aromatic carbocycles. The van der Waals surface area contributed by atoms with Gasteiger partial charge in [0, 0.05) is 33.1 Å². The number of nitrogens with zero attached hydrogens (tertiary/aromatic N) is 2. The lowest BCUT2D eigenvalue weighted by molar-refractivity contribution is 0.342. The molecule has 2 heterocycles. The Labute approximate surface area is 121 Å². The van der Waals surface area contributed by atoms with E-state index in [1.807, 2.05) is 19.2 Å². The Bertz CT molecular complexity index is 402. The molecule has 20 heavy (non-hydrogen) atoms. The van der Waals surface area contributed by atoms with Gasteiger partial charge in [-0.05, 0) is 37.6 Å². The van der Waals surface area contributed by atoms with Crippen molar-refractivity contribution in [2.75, 3.05) is 39.8 Å². The molecule has 1 unspecified atom stereocenters. The third kappa shape index (κ3) is 4.56. The van der Waals surface area contributed by atoms with Crippen molar-refractivity contribution in [2.45, 2.75) is 19.8 Å². The highest BCUT2D eigenvalue weighted by Crippen LogP contribution is 2.14. The molecule has 0 spiro atoms. The lowest BCUT2D eigenvalue weighted by atomic mass is 10.1. The van der Waals surface area contributed by atoms with E-state index in [-0.39, 0.29) is 0 Å². The van der Waals surface area contributed by atoms with Crippen LogP contribution in [-0.2, 0) is 6.42 Å². The average molecular weight is 278 g/mol. The summed E-state index contributed by atoms with van der Waals surface area (Å²) in [5.74, 6) is 2.62. The molecule has 5 nitrogen and oxygen atoms in total. The fraction of sp³-hybridized carbons (Fsp3) is 0.667. The summed E-state index contributed by atoms with van der Waals surface area (Å²) in [6, 6.07) is 3.91. The third-order valence-corrected chi connectivity index (χ3v) is 3.84. The summed E-state index contributed by atoms with van der Waals surface area (Å²) in [6.07, 6.45) is 3.87. The molecule has 2 N–H and O–H groups in total. The summed E-state index contributed by atoms with van der Waals surface area (Å²) in [5.41, 5.74) is 0. The summed E-state index contributed by atoms with van der Waals surface area (Å²) >= 11 is 0. The van der Waals surface area contributed by atoms with Crippen LogP contribution >= 0.6 is 0 Å². The van der Waals surface area contributed by atoms with Gasteiger partial charge in [-0.1, -0.05) is 6.92 Å². The SMILES string of the molecule is CCN1CCC(CNC(=NC)NCCc2ccco2)C1. The first-order chi connectivity index (χ1) is 9.81. The zero-order valence-corrected chi connectivity index (χ0v) is 12.6. The van der Waals surface area contributed by atoms with E-state index >= 15 is 0 Å². The first kappa shape index (κ1) is 14.9. The highest BCUT2D eigenvalue weighted by atomic mass is 16.3. The number of rotatable bonds is 6. The Balaban J connectivity index is 1.63. The second-order valence-corrected chi connectivity index (χ2v) is 5.26. The highest BCUT2D eigenvalue weighted by molar-refractivity contribution is 5.79. The van der Waals surface area contributed by atoms with Gasteiger partial charge < -0.3 is 20.0 Å². The average Bonchev–Trinajstić information content (AvgIpc) is 3.13. The first-order valence-electron chi connectivity index (χ1n) is 7.51. The van der Waals surface area contributed by atoms with Crippen LogP contribution in [0.1, 0.15) is 19.1 Å². The maximum absolute atomic E-state index is 5.31. The molecular formula is C15H26N4O. The topological polar surface area (TPSA) is 52.8 Å². The van der Waals surface area contributed by atoms with Gasteiger partial charge in [-0.25, -0.2) is 0 Å². The molecule has 1 fully saturated rings. The smallest absolute Gasteiger partial charge is 0.191 e. The largest absolute Gasteiger partial charge is 0.469 e. The second-order valence-electron chi connectivity index (χ2n) is 5.26. The summed E-state index contributed by atoms with van der Waals surface area (Å²) in [6.45, 7) is 7.65. The Kier molecular flexibility index (Phi) is 5.92. The minimum Gasteiger partial charge on any atom is -0.469 e. The van der Waals surface area contributed by atoms with Crippen LogP contribution in [0.2, 0.25) is 0 Å². The van der Waals surface area contributed by atoms with E-state index in [4.69, 9.17) is 4.42 Å². The molecule has 112 valence electrons. The van der Waals surface area contributed by atoms with Crippen molar-refractivity contribution in [3.05, 3.63) is 24.2 Å². The van der Waals surface area contributed by atoms with Crippen molar-refractivity contribution in [2.24, 2.45) is 10.9 Å². The van der Waals surface area contributed by atoms with Gasteiger partial charge in [0.1, 0.15) is 5.76 Å². The zero-order valence-electron chi connectivity index (χ0n) is 12.6. The van der Waals surface area contributed by atoms with Crippen molar-refractivity contribution < 1.29 is 4.42 Å². The van der Waals surface area contributed by atoms with Crippen LogP contribution in [0.25, 0.3) is 0 Å². The van der Waals surface area contributed by atoms with Gasteiger partial charge in [0.2, 0.25) is 0 Å². The van der Waals surface area contributed by atoms with Crippen molar-refractivity contribution in [3.63, 3.8) is 0 Å². The summed E-state index contributed by atoms with van der Waals surface area (Å²) in [5, 5.41) is 6.74. The summed E-state index contributed by atoms with van der Waals surface area (Å²) in [7, 11) is 1.81. The molecule has 1 aliphatic rings. The van der Waals surface area contributed by atoms with Crippen molar-refractivity contribution in [3.8, 4) is 0 Å². The minimum atomic E-state index is 0.735. The predicted molar refractivity (Wildman–Crippen MR) is 82.0 cm³/mol. The Morgan fingerprint density at radius 2 is 2.40 bits per heavy atom. The van der Waals surface area contributed by atoms with Gasteiger partial charge in [0.15, 0.2) is 5.96 Å². The lowest BCUT2D eigenvalue weighted by Crippen LogP contribution is -2.41. The molecular weight excluding hydrogens is 252 g/mol. The molecule has 1 aliphatic heterocycles. The number of hydrogen-bond acceptors (Lipinski definition) is 3.